The minimum Gasteiger partial charge on any atom is -0.481 e. The number of carboxylic acids is 2. The number of aliphatic carboxylic acids is 2. The van der Waals surface area contributed by atoms with Gasteiger partial charge in [-0.1, -0.05) is 16.9 Å². The molecule has 1 saturated heterocycles. The Bertz CT molecular complexity index is 1410. The monoisotopic (exact) mass is 639 g/mol. The second-order valence-electron chi connectivity index (χ2n) is 9.19. The van der Waals surface area contributed by atoms with Crippen LogP contribution in [-0.2, 0) is 24.0 Å². The Morgan fingerprint density at radius 2 is 2.07 bits per heavy atom. The van der Waals surface area contributed by atoms with E-state index in [1.165, 1.54) is 35.8 Å². The van der Waals surface area contributed by atoms with Crippen molar-refractivity contribution in [1.29, 1.82) is 0 Å². The molecule has 0 bridgehead atoms. The van der Waals surface area contributed by atoms with E-state index in [0.29, 0.717) is 17.3 Å². The first-order valence-electron chi connectivity index (χ1n) is 12.5. The summed E-state index contributed by atoms with van der Waals surface area (Å²) in [5.74, 6) is -3.05. The highest BCUT2D eigenvalue weighted by Crippen LogP contribution is 2.41. The number of thiazole rings is 1. The zero-order chi connectivity index (χ0) is 30.7. The number of hydrogen-bond donors (Lipinski definition) is 6. The number of nitrogens with zero attached hydrogens (tertiary/aromatic N) is 5. The first kappa shape index (κ1) is 31.1. The normalized spacial score (nSPS) is 23.0. The molecule has 42 heavy (non-hydrogen) atoms. The van der Waals surface area contributed by atoms with E-state index < -0.39 is 47.4 Å². The number of fused-ring (bicyclic) bond motifs is 1. The molecule has 3 aliphatic rings. The van der Waals surface area contributed by atoms with E-state index in [9.17, 15) is 24.3 Å². The Hall–Kier alpha value is -3.81. The molecule has 0 radical (unpaired) electrons. The smallest absolute Gasteiger partial charge is 0.352 e. The third kappa shape index (κ3) is 6.63. The minimum absolute atomic E-state index is 0.0739. The van der Waals surface area contributed by atoms with Crippen molar-refractivity contribution < 1.29 is 34.2 Å². The van der Waals surface area contributed by atoms with Gasteiger partial charge in [0.2, 0.25) is 0 Å². The number of thioether (sulfide) groups is 2. The average Bonchev–Trinajstić information content (AvgIpc) is 3.34. The highest BCUT2D eigenvalue weighted by Gasteiger charge is 2.54. The number of anilines is 1. The van der Waals surface area contributed by atoms with Gasteiger partial charge >= 0.3 is 11.9 Å². The zero-order valence-electron chi connectivity index (χ0n) is 22.4. The second-order valence-corrected chi connectivity index (χ2v) is 12.1. The number of nitrogens with two attached hydrogens (primary N) is 3. The van der Waals surface area contributed by atoms with Crippen molar-refractivity contribution >= 4 is 74.6 Å². The van der Waals surface area contributed by atoms with Gasteiger partial charge in [0.1, 0.15) is 40.9 Å². The molecule has 16 nitrogen and oxygen atoms in total. The van der Waals surface area contributed by atoms with Crippen LogP contribution in [0.3, 0.4) is 0 Å². The molecular weight excluding hydrogens is 611 g/mol. The molecule has 0 aliphatic carbocycles. The van der Waals surface area contributed by atoms with E-state index in [1.807, 2.05) is 11.8 Å². The number of amidine groups is 1. The van der Waals surface area contributed by atoms with Crippen LogP contribution in [0, 0.1) is 0 Å². The minimum atomic E-state index is -1.27. The van der Waals surface area contributed by atoms with E-state index in [2.05, 4.69) is 20.4 Å². The molecule has 0 saturated carbocycles. The SMILES string of the molecule is CCN1C(SCC2=C(C(=O)O)N3C(=O)C(NC(=O)/C(=N\OC(C)CC(=O)O)c4csc(N)n4)[C@@H]3SC2)=NC(N)=CC1N. The summed E-state index contributed by atoms with van der Waals surface area (Å²) in [5, 5.41) is 26.8. The van der Waals surface area contributed by atoms with Crippen LogP contribution in [0.25, 0.3) is 0 Å². The van der Waals surface area contributed by atoms with Gasteiger partial charge < -0.3 is 42.5 Å². The Morgan fingerprint density at radius 1 is 1.33 bits per heavy atom. The molecule has 9 N–H and O–H groups in total. The summed E-state index contributed by atoms with van der Waals surface area (Å²) in [6.45, 7) is 3.93. The molecule has 19 heteroatoms. The number of nitrogens with one attached hydrogen (secondary N) is 1. The Morgan fingerprint density at radius 3 is 2.69 bits per heavy atom. The highest BCUT2D eigenvalue weighted by molar-refractivity contribution is 8.14. The lowest BCUT2D eigenvalue weighted by Gasteiger charge is -2.49. The summed E-state index contributed by atoms with van der Waals surface area (Å²) in [7, 11) is 0. The van der Waals surface area contributed by atoms with Gasteiger partial charge in [0.15, 0.2) is 16.0 Å². The Balaban J connectivity index is 1.49. The lowest BCUT2D eigenvalue weighted by atomic mass is 10.0. The molecule has 1 aromatic heterocycles. The van der Waals surface area contributed by atoms with E-state index in [-0.39, 0.29) is 46.0 Å². The Labute approximate surface area is 252 Å². The van der Waals surface area contributed by atoms with E-state index >= 15 is 0 Å². The molecule has 4 heterocycles. The molecule has 226 valence electrons. The molecule has 0 spiro atoms. The number of aliphatic imine (C=N–C) groups is 1. The lowest BCUT2D eigenvalue weighted by molar-refractivity contribution is -0.150. The third-order valence-corrected chi connectivity index (χ3v) is 9.28. The predicted octanol–water partition coefficient (Wildman–Crippen LogP) is -0.443. The first-order valence-corrected chi connectivity index (χ1v) is 15.4. The standard InChI is InChI=1S/C23H29N9O7S3/c1-3-31-13(25)5-12(24)28-23(31)42-7-10-6-40-20-16(19(36)32(20)17(10)21(37)38)29-18(35)15(11-8-41-22(26)27-11)30-39-9(2)4-14(33)34/h5,8-9,13,16,20H,3-4,6-7,24-25H2,1-2H3,(H2,26,27)(H,29,35)(H,33,34)(H,37,38)/b30-15-/t9?,13?,16?,20-/m0/s1. The van der Waals surface area contributed by atoms with E-state index in [1.54, 1.807) is 6.08 Å². The number of rotatable bonds is 11. The van der Waals surface area contributed by atoms with Crippen LogP contribution >= 0.6 is 34.9 Å². The van der Waals surface area contributed by atoms with Crippen LogP contribution in [0.5, 0.6) is 0 Å². The molecule has 4 rings (SSSR count). The van der Waals surface area contributed by atoms with Crippen molar-refractivity contribution in [3.63, 3.8) is 0 Å². The van der Waals surface area contributed by atoms with Gasteiger partial charge in [-0.15, -0.1) is 23.1 Å². The fourth-order valence-corrected chi connectivity index (χ4v) is 7.40. The summed E-state index contributed by atoms with van der Waals surface area (Å²) < 4.78 is 0. The van der Waals surface area contributed by atoms with Crippen LogP contribution in [0.4, 0.5) is 5.13 Å². The van der Waals surface area contributed by atoms with Crippen molar-refractivity contribution in [2.45, 2.75) is 44.0 Å². The summed E-state index contributed by atoms with van der Waals surface area (Å²) >= 11 is 3.62. The van der Waals surface area contributed by atoms with Crippen LogP contribution in [-0.4, -0.2) is 101 Å². The number of hydrogen-bond acceptors (Lipinski definition) is 15. The number of carbonyl (C=O) groups is 4. The van der Waals surface area contributed by atoms with Crippen molar-refractivity contribution in [2.75, 3.05) is 23.8 Å². The molecule has 1 fully saturated rings. The average molecular weight is 640 g/mol. The van der Waals surface area contributed by atoms with Crippen LogP contribution in [0.15, 0.2) is 38.7 Å². The van der Waals surface area contributed by atoms with Crippen molar-refractivity contribution in [2.24, 2.45) is 21.6 Å². The topological polar surface area (TPSA) is 252 Å². The Kier molecular flexibility index (Phi) is 9.64. The number of nitrogen functional groups attached to an aromatic ring is 1. The quantitative estimate of drug-likeness (QED) is 0.102. The molecule has 1 aromatic rings. The maximum absolute atomic E-state index is 13.2. The largest absolute Gasteiger partial charge is 0.481 e. The van der Waals surface area contributed by atoms with Gasteiger partial charge in [-0.2, -0.15) is 0 Å². The molecule has 3 unspecified atom stereocenters. The van der Waals surface area contributed by atoms with Gasteiger partial charge in [0.05, 0.1) is 6.42 Å². The third-order valence-electron chi connectivity index (χ3n) is 6.19. The molecule has 4 atom stereocenters. The van der Waals surface area contributed by atoms with Crippen LogP contribution < -0.4 is 22.5 Å². The van der Waals surface area contributed by atoms with Crippen LogP contribution in [0.2, 0.25) is 0 Å². The number of β-lactam (4-membered cyclic amide) rings is 1. The summed E-state index contributed by atoms with van der Waals surface area (Å²) in [5.41, 5.74) is 17.8. The van der Waals surface area contributed by atoms with E-state index in [0.717, 1.165) is 16.2 Å². The summed E-state index contributed by atoms with van der Waals surface area (Å²) in [6.07, 6.45) is -0.0682. The van der Waals surface area contributed by atoms with Crippen molar-refractivity contribution in [1.82, 2.24) is 20.1 Å². The van der Waals surface area contributed by atoms with Gasteiger partial charge in [0.25, 0.3) is 11.8 Å². The molecular formula is C23H29N9O7S3. The summed E-state index contributed by atoms with van der Waals surface area (Å²) in [4.78, 5) is 66.2. The first-order chi connectivity index (χ1) is 19.9. The zero-order valence-corrected chi connectivity index (χ0v) is 24.9. The molecule has 2 amide bonds. The second kappa shape index (κ2) is 13.0. The fourth-order valence-electron chi connectivity index (χ4n) is 4.25. The number of likely N-dealkylation sites (N-methyl/N-ethyl adjacent to an activating group) is 1. The van der Waals surface area contributed by atoms with Crippen LogP contribution in [0.1, 0.15) is 26.0 Å². The number of carboxylic acid groups (broad SMARTS) is 2. The number of carbonyl (C=O) groups excluding carboxylic acids is 2. The molecule has 0 aromatic carbocycles. The maximum atomic E-state index is 13.2. The lowest BCUT2D eigenvalue weighted by Crippen LogP contribution is -2.71. The number of oxime groups is 1. The van der Waals surface area contributed by atoms with Gasteiger partial charge in [0, 0.05) is 23.4 Å². The van der Waals surface area contributed by atoms with Gasteiger partial charge in [-0.05, 0) is 25.5 Å². The maximum Gasteiger partial charge on any atom is 0.352 e. The van der Waals surface area contributed by atoms with E-state index in [4.69, 9.17) is 27.1 Å². The van der Waals surface area contributed by atoms with Crippen molar-refractivity contribution in [3.05, 3.63) is 34.2 Å². The summed E-state index contributed by atoms with van der Waals surface area (Å²) in [6, 6.07) is -1.05. The molecule has 3 aliphatic heterocycles. The van der Waals surface area contributed by atoms with Crippen molar-refractivity contribution in [3.8, 4) is 0 Å². The number of amides is 2. The van der Waals surface area contributed by atoms with Gasteiger partial charge in [-0.3, -0.25) is 19.3 Å². The fraction of sp³-hybridized carbons (Fsp3) is 0.435. The van der Waals surface area contributed by atoms with Gasteiger partial charge in [-0.25, -0.2) is 14.8 Å². The highest BCUT2D eigenvalue weighted by atomic mass is 32.2. The number of aromatic nitrogens is 1. The predicted molar refractivity (Wildman–Crippen MR) is 158 cm³/mol.